The summed E-state index contributed by atoms with van der Waals surface area (Å²) in [6.45, 7) is 0. The second-order valence-electron chi connectivity index (χ2n) is 5.46. The van der Waals surface area contributed by atoms with Crippen molar-refractivity contribution in [2.45, 2.75) is 0 Å². The molecule has 0 saturated heterocycles. The number of rotatable bonds is 4. The second kappa shape index (κ2) is 8.17. The lowest BCUT2D eigenvalue weighted by Crippen LogP contribution is -2.35. The van der Waals surface area contributed by atoms with Gasteiger partial charge in [0.05, 0.1) is 16.2 Å². The molecule has 2 aromatic carbocycles. The third-order valence-corrected chi connectivity index (χ3v) is 3.56. The van der Waals surface area contributed by atoms with Gasteiger partial charge in [-0.3, -0.25) is 25.0 Å². The van der Waals surface area contributed by atoms with Gasteiger partial charge in [0.2, 0.25) is 0 Å². The van der Waals surface area contributed by atoms with Gasteiger partial charge in [-0.05, 0) is 30.4 Å². The van der Waals surface area contributed by atoms with Crippen LogP contribution >= 0.6 is 12.2 Å². The molecule has 0 aliphatic heterocycles. The predicted octanol–water partition coefficient (Wildman–Crippen LogP) is 2.42. The van der Waals surface area contributed by atoms with Gasteiger partial charge in [0.25, 0.3) is 17.5 Å². The largest absolute Gasteiger partial charge is 0.345 e. The Morgan fingerprint density at radius 1 is 1.12 bits per heavy atom. The molecule has 0 saturated carbocycles. The van der Waals surface area contributed by atoms with Gasteiger partial charge in [-0.25, -0.2) is 0 Å². The van der Waals surface area contributed by atoms with E-state index in [1.54, 1.807) is 38.4 Å². The summed E-state index contributed by atoms with van der Waals surface area (Å²) in [5.41, 5.74) is 0.736. The number of non-ortho nitro benzene ring substituents is 1. The number of hydrogen-bond donors (Lipinski definition) is 2. The lowest BCUT2D eigenvalue weighted by molar-refractivity contribution is -0.384. The molecule has 0 unspecified atom stereocenters. The van der Waals surface area contributed by atoms with Crippen LogP contribution in [0.1, 0.15) is 20.7 Å². The molecular formula is C17H16N4O4S. The van der Waals surface area contributed by atoms with Crippen LogP contribution in [0.4, 0.5) is 11.4 Å². The molecule has 2 aromatic rings. The number of nitrogens with zero attached hydrogens (tertiary/aromatic N) is 2. The lowest BCUT2D eigenvalue weighted by atomic mass is 10.1. The molecule has 9 heteroatoms. The lowest BCUT2D eigenvalue weighted by Gasteiger charge is -2.16. The van der Waals surface area contributed by atoms with Crippen LogP contribution in [-0.2, 0) is 0 Å². The smallest absolute Gasteiger partial charge is 0.270 e. The summed E-state index contributed by atoms with van der Waals surface area (Å²) in [6, 6.07) is 12.0. The molecule has 0 radical (unpaired) electrons. The van der Waals surface area contributed by atoms with Crippen LogP contribution < -0.4 is 10.6 Å². The van der Waals surface area contributed by atoms with Crippen molar-refractivity contribution in [3.05, 3.63) is 69.8 Å². The first-order valence-electron chi connectivity index (χ1n) is 7.47. The number of anilines is 1. The molecule has 2 N–H and O–H groups in total. The van der Waals surface area contributed by atoms with Gasteiger partial charge in [-0.15, -0.1) is 0 Å². The molecule has 134 valence electrons. The Kier molecular flexibility index (Phi) is 5.97. The van der Waals surface area contributed by atoms with Crippen molar-refractivity contribution < 1.29 is 14.5 Å². The molecule has 0 aliphatic rings. The Morgan fingerprint density at radius 3 is 2.46 bits per heavy atom. The number of hydrogen-bond acceptors (Lipinski definition) is 5. The van der Waals surface area contributed by atoms with Crippen molar-refractivity contribution in [3.63, 3.8) is 0 Å². The minimum absolute atomic E-state index is 0.0273. The maximum absolute atomic E-state index is 12.2. The summed E-state index contributed by atoms with van der Waals surface area (Å²) in [4.78, 5) is 36.0. The maximum Gasteiger partial charge on any atom is 0.270 e. The molecule has 2 amide bonds. The number of thiocarbonyl (C=S) groups is 1. The first kappa shape index (κ1) is 19.0. The molecule has 26 heavy (non-hydrogen) atoms. The third kappa shape index (κ3) is 4.61. The predicted molar refractivity (Wildman–Crippen MR) is 101 cm³/mol. The van der Waals surface area contributed by atoms with E-state index >= 15 is 0 Å². The van der Waals surface area contributed by atoms with Crippen LogP contribution in [0.2, 0.25) is 0 Å². The topological polar surface area (TPSA) is 105 Å². The summed E-state index contributed by atoms with van der Waals surface area (Å²) in [5.74, 6) is -0.816. The van der Waals surface area contributed by atoms with Crippen molar-refractivity contribution in [2.24, 2.45) is 0 Å². The average molecular weight is 372 g/mol. The zero-order chi connectivity index (χ0) is 19.3. The Hall–Kier alpha value is -3.33. The standard InChI is InChI=1S/C17H16N4O4S/c1-20(2)16(23)13-8-3-4-9-14(13)18-17(26)19-15(22)11-6-5-7-12(10-11)21(24)25/h3-10H,1-2H3,(H2,18,19,22,26). The quantitative estimate of drug-likeness (QED) is 0.485. The van der Waals surface area contributed by atoms with E-state index in [-0.39, 0.29) is 22.3 Å². The fourth-order valence-corrected chi connectivity index (χ4v) is 2.31. The van der Waals surface area contributed by atoms with Crippen LogP contribution in [0.25, 0.3) is 0 Å². The van der Waals surface area contributed by atoms with Gasteiger partial charge in [0.1, 0.15) is 0 Å². The molecule has 0 heterocycles. The number of carbonyl (C=O) groups is 2. The van der Waals surface area contributed by atoms with Crippen molar-refractivity contribution >= 4 is 40.5 Å². The highest BCUT2D eigenvalue weighted by atomic mass is 32.1. The molecule has 8 nitrogen and oxygen atoms in total. The van der Waals surface area contributed by atoms with Gasteiger partial charge >= 0.3 is 0 Å². The number of benzene rings is 2. The Bertz CT molecular complexity index is 883. The first-order chi connectivity index (χ1) is 12.3. The third-order valence-electron chi connectivity index (χ3n) is 3.36. The number of nitro benzene ring substituents is 1. The minimum atomic E-state index is -0.595. The Balaban J connectivity index is 2.12. The molecule has 0 bridgehead atoms. The molecule has 2 rings (SSSR count). The minimum Gasteiger partial charge on any atom is -0.345 e. The molecular weight excluding hydrogens is 356 g/mol. The van der Waals surface area contributed by atoms with Gasteiger partial charge in [-0.2, -0.15) is 0 Å². The van der Waals surface area contributed by atoms with Gasteiger partial charge in [-0.1, -0.05) is 18.2 Å². The summed E-state index contributed by atoms with van der Waals surface area (Å²) in [5, 5.41) is 16.0. The first-order valence-corrected chi connectivity index (χ1v) is 7.88. The highest BCUT2D eigenvalue weighted by molar-refractivity contribution is 7.80. The fourth-order valence-electron chi connectivity index (χ4n) is 2.11. The van der Waals surface area contributed by atoms with Gasteiger partial charge < -0.3 is 10.2 Å². The van der Waals surface area contributed by atoms with Crippen LogP contribution in [0, 0.1) is 10.1 Å². The molecule has 0 fully saturated rings. The summed E-state index contributed by atoms with van der Waals surface area (Å²) in [6.07, 6.45) is 0. The van der Waals surface area contributed by atoms with E-state index in [2.05, 4.69) is 10.6 Å². The van der Waals surface area contributed by atoms with E-state index in [9.17, 15) is 19.7 Å². The maximum atomic E-state index is 12.2. The van der Waals surface area contributed by atoms with Gasteiger partial charge in [0, 0.05) is 31.8 Å². The van der Waals surface area contributed by atoms with Crippen molar-refractivity contribution in [2.75, 3.05) is 19.4 Å². The van der Waals surface area contributed by atoms with Crippen LogP contribution in [0.5, 0.6) is 0 Å². The monoisotopic (exact) mass is 372 g/mol. The van der Waals surface area contributed by atoms with E-state index in [1.165, 1.54) is 23.1 Å². The number of nitrogens with one attached hydrogen (secondary N) is 2. The number of nitro groups is 1. The number of para-hydroxylation sites is 1. The average Bonchev–Trinajstić information content (AvgIpc) is 2.61. The van der Waals surface area contributed by atoms with Crippen molar-refractivity contribution in [3.8, 4) is 0 Å². The van der Waals surface area contributed by atoms with Crippen molar-refractivity contribution in [1.82, 2.24) is 10.2 Å². The zero-order valence-electron chi connectivity index (χ0n) is 14.1. The van der Waals surface area contributed by atoms with Crippen LogP contribution in [0.3, 0.4) is 0 Å². The summed E-state index contributed by atoms with van der Waals surface area (Å²) >= 11 is 5.11. The van der Waals surface area contributed by atoms with Crippen molar-refractivity contribution in [1.29, 1.82) is 0 Å². The number of amides is 2. The summed E-state index contributed by atoms with van der Waals surface area (Å²) < 4.78 is 0. The SMILES string of the molecule is CN(C)C(=O)c1ccccc1NC(=S)NC(=O)c1cccc([N+](=O)[O-])c1. The van der Waals surface area contributed by atoms with E-state index < -0.39 is 10.8 Å². The molecule has 0 aromatic heterocycles. The number of carbonyl (C=O) groups excluding carboxylic acids is 2. The van der Waals surface area contributed by atoms with Gasteiger partial charge in [0.15, 0.2) is 5.11 Å². The highest BCUT2D eigenvalue weighted by Crippen LogP contribution is 2.17. The zero-order valence-corrected chi connectivity index (χ0v) is 14.9. The fraction of sp³-hybridized carbons (Fsp3) is 0.118. The van der Waals surface area contributed by atoms with E-state index in [0.717, 1.165) is 6.07 Å². The van der Waals surface area contributed by atoms with Crippen LogP contribution in [-0.4, -0.2) is 40.8 Å². The normalized spacial score (nSPS) is 9.92. The Labute approximate surface area is 155 Å². The molecule has 0 spiro atoms. The summed E-state index contributed by atoms with van der Waals surface area (Å²) in [7, 11) is 3.25. The van der Waals surface area contributed by atoms with E-state index in [0.29, 0.717) is 11.3 Å². The van der Waals surface area contributed by atoms with E-state index in [1.807, 2.05) is 0 Å². The molecule has 0 aliphatic carbocycles. The second-order valence-corrected chi connectivity index (χ2v) is 5.87. The van der Waals surface area contributed by atoms with Crippen LogP contribution in [0.15, 0.2) is 48.5 Å². The molecule has 0 atom stereocenters. The highest BCUT2D eigenvalue weighted by Gasteiger charge is 2.16. The Morgan fingerprint density at radius 2 is 1.81 bits per heavy atom. The van der Waals surface area contributed by atoms with E-state index in [4.69, 9.17) is 12.2 Å².